The number of hydrazine groups is 1. The first-order chi connectivity index (χ1) is 24.4. The highest BCUT2D eigenvalue weighted by Gasteiger charge is 2.22. The molecule has 0 unspecified atom stereocenters. The Morgan fingerprint density at radius 1 is 0.725 bits per heavy atom. The summed E-state index contributed by atoms with van der Waals surface area (Å²) in [4.78, 5) is 23.2. The second-order valence-corrected chi connectivity index (χ2v) is 12.2. The van der Waals surface area contributed by atoms with Crippen molar-refractivity contribution in [2.24, 2.45) is 25.9 Å². The largest absolute Gasteiger partial charge is 0.490 e. The molecular formula is C38H41FN6O6. The average molecular weight is 697 g/mol. The molecule has 0 aliphatic heterocycles. The molecule has 0 aliphatic carbocycles. The molecule has 0 spiro atoms. The lowest BCUT2D eigenvalue weighted by molar-refractivity contribution is -0.153. The van der Waals surface area contributed by atoms with Gasteiger partial charge in [0, 0.05) is 18.7 Å². The van der Waals surface area contributed by atoms with Gasteiger partial charge in [-0.15, -0.1) is 5.11 Å². The molecule has 0 aromatic heterocycles. The summed E-state index contributed by atoms with van der Waals surface area (Å²) in [7, 11) is 1.88. The van der Waals surface area contributed by atoms with E-state index in [2.05, 4.69) is 32.5 Å². The molecule has 13 heteroatoms. The summed E-state index contributed by atoms with van der Waals surface area (Å²) < 4.78 is 35.8. The van der Waals surface area contributed by atoms with E-state index in [1.807, 2.05) is 48.5 Å². The van der Waals surface area contributed by atoms with Crippen molar-refractivity contribution in [2.75, 3.05) is 43.9 Å². The van der Waals surface area contributed by atoms with Gasteiger partial charge in [0.15, 0.2) is 5.82 Å². The van der Waals surface area contributed by atoms with Gasteiger partial charge < -0.3 is 18.9 Å². The van der Waals surface area contributed by atoms with Crippen LogP contribution >= 0.6 is 0 Å². The van der Waals surface area contributed by atoms with E-state index in [0.29, 0.717) is 34.1 Å². The Morgan fingerprint density at radius 3 is 1.80 bits per heavy atom. The van der Waals surface area contributed by atoms with Gasteiger partial charge in [-0.2, -0.15) is 15.3 Å². The molecule has 0 amide bonds. The minimum Gasteiger partial charge on any atom is -0.490 e. The normalized spacial score (nSPS) is 11.3. The van der Waals surface area contributed by atoms with Crippen LogP contribution in [0.5, 0.6) is 11.5 Å². The van der Waals surface area contributed by atoms with Gasteiger partial charge in [-0.25, -0.2) is 9.18 Å². The summed E-state index contributed by atoms with van der Waals surface area (Å²) in [6.07, 6.45) is 0. The highest BCUT2D eigenvalue weighted by molar-refractivity contribution is 5.86. The van der Waals surface area contributed by atoms with Gasteiger partial charge in [-0.1, -0.05) is 6.58 Å². The van der Waals surface area contributed by atoms with Crippen LogP contribution in [-0.4, -0.2) is 45.4 Å². The average Bonchev–Trinajstić information content (AvgIpc) is 3.11. The van der Waals surface area contributed by atoms with E-state index in [9.17, 15) is 14.0 Å². The van der Waals surface area contributed by atoms with Crippen LogP contribution in [0.4, 0.5) is 38.5 Å². The van der Waals surface area contributed by atoms with Crippen LogP contribution in [0.2, 0.25) is 0 Å². The van der Waals surface area contributed by atoms with Gasteiger partial charge in [0.25, 0.3) is 0 Å². The molecule has 0 bridgehead atoms. The summed E-state index contributed by atoms with van der Waals surface area (Å²) in [6, 6.07) is 26.1. The molecule has 0 fully saturated rings. The maximum absolute atomic E-state index is 14.6. The topological polar surface area (TPSA) is 136 Å². The number of rotatable bonds is 16. The number of halogens is 1. The zero-order chi connectivity index (χ0) is 36.8. The molecule has 51 heavy (non-hydrogen) atoms. The Kier molecular flexibility index (Phi) is 13.3. The van der Waals surface area contributed by atoms with Gasteiger partial charge in [0.1, 0.15) is 43.6 Å². The maximum atomic E-state index is 14.6. The van der Waals surface area contributed by atoms with Crippen molar-refractivity contribution < 1.29 is 32.9 Å². The van der Waals surface area contributed by atoms with Gasteiger partial charge >= 0.3 is 11.9 Å². The summed E-state index contributed by atoms with van der Waals surface area (Å²) in [5.41, 5.74) is 6.67. The Morgan fingerprint density at radius 2 is 1.24 bits per heavy atom. The third-order valence-electron chi connectivity index (χ3n) is 6.84. The number of nitrogens with one attached hydrogen (secondary N) is 1. The second-order valence-electron chi connectivity index (χ2n) is 12.2. The number of esters is 2. The molecule has 0 saturated heterocycles. The minimum atomic E-state index is -0.600. The molecule has 0 saturated carbocycles. The Bertz CT molecular complexity index is 1840. The third kappa shape index (κ3) is 12.4. The number of hydrogen-bond donors (Lipinski definition) is 1. The van der Waals surface area contributed by atoms with Crippen LogP contribution in [-0.2, 0) is 19.1 Å². The molecule has 4 aromatic carbocycles. The van der Waals surface area contributed by atoms with Crippen molar-refractivity contribution in [3.63, 3.8) is 0 Å². The van der Waals surface area contributed by atoms with E-state index in [1.54, 1.807) is 70.2 Å². The molecular weight excluding hydrogens is 655 g/mol. The van der Waals surface area contributed by atoms with Crippen molar-refractivity contribution in [3.05, 3.63) is 109 Å². The molecule has 266 valence electrons. The third-order valence-corrected chi connectivity index (χ3v) is 6.84. The highest BCUT2D eigenvalue weighted by Crippen LogP contribution is 2.27. The number of azo groups is 2. The zero-order valence-corrected chi connectivity index (χ0v) is 29.3. The number of ether oxygens (including phenoxy) is 4. The number of carbonyl (C=O) groups excluding carboxylic acids is 2. The molecule has 4 aromatic rings. The Balaban J connectivity index is 1.21. The lowest BCUT2D eigenvalue weighted by atomic mass is 9.97. The minimum absolute atomic E-state index is 0.0615. The van der Waals surface area contributed by atoms with Gasteiger partial charge in [-0.3, -0.25) is 15.2 Å². The van der Waals surface area contributed by atoms with E-state index >= 15 is 0 Å². The van der Waals surface area contributed by atoms with Gasteiger partial charge in [-0.05, 0) is 113 Å². The van der Waals surface area contributed by atoms with E-state index in [1.165, 1.54) is 12.1 Å². The van der Waals surface area contributed by atoms with Crippen LogP contribution in [0.3, 0.4) is 0 Å². The summed E-state index contributed by atoms with van der Waals surface area (Å²) in [5, 5.41) is 18.6. The Labute approximate surface area is 296 Å². The summed E-state index contributed by atoms with van der Waals surface area (Å²) in [5.74, 6) is -0.447. The van der Waals surface area contributed by atoms with E-state index in [-0.39, 0.29) is 38.1 Å². The van der Waals surface area contributed by atoms with Crippen LogP contribution in [0.25, 0.3) is 0 Å². The zero-order valence-electron chi connectivity index (χ0n) is 29.3. The monoisotopic (exact) mass is 696 g/mol. The number of benzene rings is 4. The van der Waals surface area contributed by atoms with Crippen molar-refractivity contribution >= 4 is 46.1 Å². The molecule has 0 aliphatic rings. The highest BCUT2D eigenvalue weighted by atomic mass is 19.1. The molecule has 0 heterocycles. The van der Waals surface area contributed by atoms with E-state index in [0.717, 1.165) is 11.4 Å². The van der Waals surface area contributed by atoms with Gasteiger partial charge in [0.05, 0.1) is 33.9 Å². The lowest BCUT2D eigenvalue weighted by Gasteiger charge is -2.21. The first-order valence-corrected chi connectivity index (χ1v) is 16.1. The van der Waals surface area contributed by atoms with Crippen molar-refractivity contribution in [1.82, 2.24) is 0 Å². The van der Waals surface area contributed by atoms with Crippen molar-refractivity contribution in [1.29, 1.82) is 0 Å². The summed E-state index contributed by atoms with van der Waals surface area (Å²) >= 11 is 0. The predicted octanol–water partition coefficient (Wildman–Crippen LogP) is 9.59. The molecule has 12 nitrogen and oxygen atoms in total. The molecule has 4 rings (SSSR count). The number of anilines is 2. The van der Waals surface area contributed by atoms with Crippen LogP contribution in [0, 0.1) is 11.2 Å². The van der Waals surface area contributed by atoms with Crippen molar-refractivity contribution in [3.8, 4) is 11.5 Å². The number of nitrogens with zero attached hydrogens (tertiary/aromatic N) is 5. The van der Waals surface area contributed by atoms with Crippen molar-refractivity contribution in [2.45, 2.75) is 27.7 Å². The molecule has 1 N–H and O–H groups in total. The fourth-order valence-corrected chi connectivity index (χ4v) is 4.03. The fourth-order valence-electron chi connectivity index (χ4n) is 4.03. The Hall–Kier alpha value is -6.11. The first kappa shape index (κ1) is 37.7. The standard InChI is InChI=1S/C38H41FN6O6/c1-26(2)36(46)50-23-21-48-32-17-13-29(14-18-32)41-40-28-11-15-31(16-12-28)45(6)44-30-9-7-27(8-10-30)42-43-35-20-19-33(25-34(35)39)49-22-24-51-37(47)38(3,4)5/h7-20,25,44H,1,21-24H2,2-6H3. The lowest BCUT2D eigenvalue weighted by Crippen LogP contribution is -2.24. The number of carbonyl (C=O) groups is 2. The maximum Gasteiger partial charge on any atom is 0.333 e. The molecule has 0 radical (unpaired) electrons. The summed E-state index contributed by atoms with van der Waals surface area (Å²) in [6.45, 7) is 10.9. The molecule has 0 atom stereocenters. The SMILES string of the molecule is C=C(C)C(=O)OCCOc1ccc(N=Nc2ccc(N(C)Nc3ccc(N=Nc4ccc(OCCOC(=O)C(C)(C)C)cc4F)cc3)cc2)cc1. The number of hydrogen-bond acceptors (Lipinski definition) is 12. The van der Waals surface area contributed by atoms with Crippen LogP contribution < -0.4 is 19.9 Å². The van der Waals surface area contributed by atoms with Crippen LogP contribution in [0.15, 0.2) is 124 Å². The smallest absolute Gasteiger partial charge is 0.333 e. The van der Waals surface area contributed by atoms with E-state index < -0.39 is 17.2 Å². The van der Waals surface area contributed by atoms with Crippen LogP contribution in [0.1, 0.15) is 27.7 Å². The first-order valence-electron chi connectivity index (χ1n) is 16.1. The second kappa shape index (κ2) is 18.0. The predicted molar refractivity (Wildman–Crippen MR) is 193 cm³/mol. The quantitative estimate of drug-likeness (QED) is 0.0402. The van der Waals surface area contributed by atoms with Gasteiger partial charge in [0.2, 0.25) is 0 Å². The fraction of sp³-hybridized carbons (Fsp3) is 0.263. The van der Waals surface area contributed by atoms with E-state index in [4.69, 9.17) is 18.9 Å².